The van der Waals surface area contributed by atoms with Gasteiger partial charge in [0, 0.05) is 30.6 Å². The Morgan fingerprint density at radius 2 is 1.49 bits per heavy atom. The Morgan fingerprint density at radius 3 is 2.13 bits per heavy atom. The molecule has 0 unspecified atom stereocenters. The summed E-state index contributed by atoms with van der Waals surface area (Å²) in [6, 6.07) is 28.0. The summed E-state index contributed by atoms with van der Waals surface area (Å²) in [5.41, 5.74) is 1.73. The van der Waals surface area contributed by atoms with Crippen LogP contribution in [0.15, 0.2) is 108 Å². The number of halogens is 1. The van der Waals surface area contributed by atoms with E-state index in [1.807, 2.05) is 43.3 Å². The standard InChI is InChI=1S/C36H40ClN3O6S/c1-4-5-21-38-36(42)32(23-27-13-8-6-9-14-27)39(25-28-15-12-16-29(37)22-28)35(41)26-40(47(43,44)31-17-10-7-11-18-31)30-19-20-33(45-2)34(24-30)46-3/h6-20,22,24,32H,4-5,21,23,25-26H2,1-3H3,(H,38,42)/t32-/m1/s1. The summed E-state index contributed by atoms with van der Waals surface area (Å²) in [4.78, 5) is 29.9. The second kappa shape index (κ2) is 16.9. The third-order valence-corrected chi connectivity index (χ3v) is 9.63. The minimum atomic E-state index is -4.26. The molecule has 0 aromatic heterocycles. The number of rotatable bonds is 16. The molecule has 0 fully saturated rings. The van der Waals surface area contributed by atoms with E-state index in [2.05, 4.69) is 5.32 Å². The van der Waals surface area contributed by atoms with Gasteiger partial charge in [0.05, 0.1) is 24.8 Å². The average Bonchev–Trinajstić information content (AvgIpc) is 3.09. The number of nitrogens with one attached hydrogen (secondary N) is 1. The quantitative estimate of drug-likeness (QED) is 0.144. The molecule has 9 nitrogen and oxygen atoms in total. The molecule has 4 aromatic rings. The number of ether oxygens (including phenoxy) is 2. The number of carbonyl (C=O) groups excluding carboxylic acids is 2. The minimum absolute atomic E-state index is 0.00196. The molecule has 0 aliphatic rings. The van der Waals surface area contributed by atoms with Crippen molar-refractivity contribution in [2.75, 3.05) is 31.6 Å². The summed E-state index contributed by atoms with van der Waals surface area (Å²) in [5.74, 6) is -0.222. The van der Waals surface area contributed by atoms with Gasteiger partial charge < -0.3 is 19.7 Å². The molecule has 0 bridgehead atoms. The van der Waals surface area contributed by atoms with Crippen LogP contribution in [-0.4, -0.2) is 58.5 Å². The number of unbranched alkanes of at least 4 members (excludes halogenated alkanes) is 1. The van der Waals surface area contributed by atoms with E-state index in [1.54, 1.807) is 48.5 Å². The molecular formula is C36H40ClN3O6S. The van der Waals surface area contributed by atoms with Crippen LogP contribution in [0.25, 0.3) is 0 Å². The van der Waals surface area contributed by atoms with Gasteiger partial charge in [0.15, 0.2) is 11.5 Å². The Hall–Kier alpha value is -4.54. The zero-order valence-electron chi connectivity index (χ0n) is 26.8. The predicted octanol–water partition coefficient (Wildman–Crippen LogP) is 6.11. The largest absolute Gasteiger partial charge is 0.493 e. The first kappa shape index (κ1) is 35.3. The predicted molar refractivity (Wildman–Crippen MR) is 184 cm³/mol. The molecule has 0 heterocycles. The summed E-state index contributed by atoms with van der Waals surface area (Å²) in [5, 5.41) is 3.46. The molecule has 1 atom stereocenters. The maximum Gasteiger partial charge on any atom is 0.264 e. The van der Waals surface area contributed by atoms with Crippen molar-refractivity contribution in [1.82, 2.24) is 10.2 Å². The first-order chi connectivity index (χ1) is 22.7. The van der Waals surface area contributed by atoms with E-state index in [9.17, 15) is 18.0 Å². The lowest BCUT2D eigenvalue weighted by molar-refractivity contribution is -0.140. The van der Waals surface area contributed by atoms with E-state index in [0.29, 0.717) is 28.6 Å². The highest BCUT2D eigenvalue weighted by Crippen LogP contribution is 2.34. The third-order valence-electron chi connectivity index (χ3n) is 7.61. The molecule has 11 heteroatoms. The monoisotopic (exact) mass is 677 g/mol. The number of anilines is 1. The number of carbonyl (C=O) groups is 2. The van der Waals surface area contributed by atoms with Gasteiger partial charge in [-0.15, -0.1) is 0 Å². The Kier molecular flexibility index (Phi) is 12.7. The topological polar surface area (TPSA) is 105 Å². The molecule has 248 valence electrons. The van der Waals surface area contributed by atoms with Crippen molar-refractivity contribution in [2.24, 2.45) is 0 Å². The molecule has 0 spiro atoms. The second-order valence-electron chi connectivity index (χ2n) is 10.9. The normalized spacial score (nSPS) is 11.7. The van der Waals surface area contributed by atoms with Crippen LogP contribution in [0.1, 0.15) is 30.9 Å². The number of methoxy groups -OCH3 is 2. The highest BCUT2D eigenvalue weighted by atomic mass is 35.5. The number of amides is 2. The Bertz CT molecular complexity index is 1740. The molecule has 2 amide bonds. The van der Waals surface area contributed by atoms with E-state index in [4.69, 9.17) is 21.1 Å². The molecular weight excluding hydrogens is 638 g/mol. The van der Waals surface area contributed by atoms with E-state index in [-0.39, 0.29) is 29.5 Å². The van der Waals surface area contributed by atoms with Crippen molar-refractivity contribution in [3.63, 3.8) is 0 Å². The molecule has 0 saturated carbocycles. The molecule has 4 aromatic carbocycles. The highest BCUT2D eigenvalue weighted by molar-refractivity contribution is 7.92. The minimum Gasteiger partial charge on any atom is -0.493 e. The fourth-order valence-electron chi connectivity index (χ4n) is 5.12. The van der Waals surface area contributed by atoms with Crippen LogP contribution >= 0.6 is 11.6 Å². The number of hydrogen-bond acceptors (Lipinski definition) is 6. The van der Waals surface area contributed by atoms with Crippen LogP contribution in [0, 0.1) is 0 Å². The van der Waals surface area contributed by atoms with Gasteiger partial charge >= 0.3 is 0 Å². The van der Waals surface area contributed by atoms with Crippen molar-refractivity contribution in [3.8, 4) is 11.5 Å². The Balaban J connectivity index is 1.82. The first-order valence-corrected chi connectivity index (χ1v) is 17.1. The van der Waals surface area contributed by atoms with Gasteiger partial charge in [-0.2, -0.15) is 0 Å². The van der Waals surface area contributed by atoms with Crippen LogP contribution < -0.4 is 19.1 Å². The van der Waals surface area contributed by atoms with E-state index in [0.717, 1.165) is 22.7 Å². The summed E-state index contributed by atoms with van der Waals surface area (Å²) in [6.45, 7) is 1.89. The van der Waals surface area contributed by atoms with E-state index < -0.39 is 28.5 Å². The van der Waals surface area contributed by atoms with Crippen LogP contribution in [0.3, 0.4) is 0 Å². The lowest BCUT2D eigenvalue weighted by atomic mass is 10.0. The second-order valence-corrected chi connectivity index (χ2v) is 13.2. The zero-order valence-corrected chi connectivity index (χ0v) is 28.3. The average molecular weight is 678 g/mol. The zero-order chi connectivity index (χ0) is 33.8. The molecule has 4 rings (SSSR count). The lowest BCUT2D eigenvalue weighted by Gasteiger charge is -2.34. The summed E-state index contributed by atoms with van der Waals surface area (Å²) in [6.07, 6.45) is 1.87. The van der Waals surface area contributed by atoms with Gasteiger partial charge in [-0.3, -0.25) is 13.9 Å². The van der Waals surface area contributed by atoms with Gasteiger partial charge in [0.1, 0.15) is 12.6 Å². The van der Waals surface area contributed by atoms with Crippen molar-refractivity contribution >= 4 is 39.1 Å². The number of nitrogens with zero attached hydrogens (tertiary/aromatic N) is 2. The maximum atomic E-state index is 14.6. The van der Waals surface area contributed by atoms with Crippen molar-refractivity contribution < 1.29 is 27.5 Å². The lowest BCUT2D eigenvalue weighted by Crippen LogP contribution is -2.53. The van der Waals surface area contributed by atoms with Crippen LogP contribution in [0.2, 0.25) is 5.02 Å². The number of benzene rings is 4. The molecule has 0 radical (unpaired) electrons. The van der Waals surface area contributed by atoms with Crippen molar-refractivity contribution in [1.29, 1.82) is 0 Å². The summed E-state index contributed by atoms with van der Waals surface area (Å²) in [7, 11) is -1.34. The third kappa shape index (κ3) is 9.27. The van der Waals surface area contributed by atoms with Gasteiger partial charge in [0.2, 0.25) is 11.8 Å². The van der Waals surface area contributed by atoms with Crippen molar-refractivity contribution in [3.05, 3.63) is 119 Å². The number of hydrogen-bond donors (Lipinski definition) is 1. The molecule has 0 aliphatic carbocycles. The van der Waals surface area contributed by atoms with Crippen LogP contribution in [0.4, 0.5) is 5.69 Å². The molecule has 0 saturated heterocycles. The van der Waals surface area contributed by atoms with Gasteiger partial charge in [-0.1, -0.05) is 85.6 Å². The van der Waals surface area contributed by atoms with E-state index >= 15 is 0 Å². The molecule has 47 heavy (non-hydrogen) atoms. The van der Waals surface area contributed by atoms with Gasteiger partial charge in [0.25, 0.3) is 10.0 Å². The van der Waals surface area contributed by atoms with Crippen molar-refractivity contribution in [2.45, 2.75) is 43.7 Å². The Morgan fingerprint density at radius 1 is 0.830 bits per heavy atom. The summed E-state index contributed by atoms with van der Waals surface area (Å²) < 4.78 is 40.3. The number of sulfonamides is 1. The van der Waals surface area contributed by atoms with Crippen LogP contribution in [0.5, 0.6) is 11.5 Å². The molecule has 0 aliphatic heterocycles. The Labute approximate surface area is 282 Å². The SMILES string of the molecule is CCCCNC(=O)[C@@H](Cc1ccccc1)N(Cc1cccc(Cl)c1)C(=O)CN(c1ccc(OC)c(OC)c1)S(=O)(=O)c1ccccc1. The van der Waals surface area contributed by atoms with Gasteiger partial charge in [-0.05, 0) is 53.9 Å². The van der Waals surface area contributed by atoms with Crippen LogP contribution in [-0.2, 0) is 32.6 Å². The molecule has 1 N–H and O–H groups in total. The maximum absolute atomic E-state index is 14.6. The first-order valence-electron chi connectivity index (χ1n) is 15.3. The fourth-order valence-corrected chi connectivity index (χ4v) is 6.76. The fraction of sp³-hybridized carbons (Fsp3) is 0.278. The summed E-state index contributed by atoms with van der Waals surface area (Å²) >= 11 is 6.32. The highest BCUT2D eigenvalue weighted by Gasteiger charge is 2.35. The van der Waals surface area contributed by atoms with Gasteiger partial charge in [-0.25, -0.2) is 8.42 Å². The van der Waals surface area contributed by atoms with E-state index in [1.165, 1.54) is 37.3 Å². The smallest absolute Gasteiger partial charge is 0.264 e.